The first-order valence-corrected chi connectivity index (χ1v) is 15.7. The first-order valence-electron chi connectivity index (χ1n) is 15.7. The summed E-state index contributed by atoms with van der Waals surface area (Å²) in [4.78, 5) is 48.4. The molecule has 1 aromatic heterocycles. The lowest BCUT2D eigenvalue weighted by atomic mass is 9.75. The molecule has 4 aliphatic rings. The number of aryl methyl sites for hydroxylation is 1. The van der Waals surface area contributed by atoms with Gasteiger partial charge in [0.25, 0.3) is 5.91 Å². The Bertz CT molecular complexity index is 1640. The van der Waals surface area contributed by atoms with E-state index >= 15 is 0 Å². The van der Waals surface area contributed by atoms with Crippen LogP contribution in [0.25, 0.3) is 0 Å². The Balaban J connectivity index is 1.37. The molecule has 242 valence electrons. The van der Waals surface area contributed by atoms with Crippen molar-refractivity contribution in [3.63, 3.8) is 0 Å². The molecule has 0 saturated carbocycles. The number of ketones is 1. The van der Waals surface area contributed by atoms with E-state index < -0.39 is 30.9 Å². The summed E-state index contributed by atoms with van der Waals surface area (Å²) < 4.78 is 11.7. The van der Waals surface area contributed by atoms with Gasteiger partial charge in [0.2, 0.25) is 5.91 Å². The van der Waals surface area contributed by atoms with Crippen LogP contribution in [0.4, 0.5) is 0 Å². The van der Waals surface area contributed by atoms with Crippen molar-refractivity contribution in [1.29, 1.82) is 0 Å². The molecule has 0 radical (unpaired) electrons. The number of hydrogen-bond acceptors (Lipinski definition) is 8. The molecule has 5 N–H and O–H groups in total. The average molecular weight is 638 g/mol. The van der Waals surface area contributed by atoms with Crippen LogP contribution in [-0.2, 0) is 24.1 Å². The zero-order chi connectivity index (χ0) is 33.0. The van der Waals surface area contributed by atoms with Gasteiger partial charge in [-0.05, 0) is 66.6 Å². The molecule has 0 spiro atoms. The topological polar surface area (TPSA) is 163 Å². The highest BCUT2D eigenvalue weighted by Gasteiger charge is 2.36. The summed E-state index contributed by atoms with van der Waals surface area (Å²) >= 11 is 0. The van der Waals surface area contributed by atoms with Crippen molar-refractivity contribution in [3.05, 3.63) is 119 Å². The number of hydrogen-bond donors (Lipinski definition) is 3. The highest BCUT2D eigenvalue weighted by Crippen LogP contribution is 2.17. The fourth-order valence-corrected chi connectivity index (χ4v) is 5.12. The molecule has 11 nitrogen and oxygen atoms in total. The van der Waals surface area contributed by atoms with E-state index in [0.29, 0.717) is 25.4 Å². The van der Waals surface area contributed by atoms with Gasteiger partial charge in [-0.2, -0.15) is 0 Å². The molecule has 6 bridgehead atoms. The van der Waals surface area contributed by atoms with E-state index in [1.807, 2.05) is 66.7 Å². The Morgan fingerprint density at radius 3 is 2.15 bits per heavy atom. The standard InChI is InChI=1S/C35H37BN4O7/c41-32-17-12-24-8-13-27(14-9-24)46-18-4-5-19-47-28-15-10-26(11-16-28)20-29(39-35(43)31-23-37-22-30(32)38-31)34(42)40-33(36(44)45)21-25-6-2-1-3-7-25/h1-3,6-11,13-16,22-23,29,33,44-45H,4-5,12,17-21H2,(H,39,43)(H,40,42)/p+1/t29-,33-/m0/s1. The van der Waals surface area contributed by atoms with Crippen molar-refractivity contribution in [2.24, 2.45) is 0 Å². The van der Waals surface area contributed by atoms with Crippen LogP contribution < -0.4 is 20.1 Å². The molecule has 0 unspecified atom stereocenters. The van der Waals surface area contributed by atoms with E-state index in [1.54, 1.807) is 12.1 Å². The minimum absolute atomic E-state index is 0.0453. The number of rotatable bonds is 5. The number of Topliss-reactive ketones (excluding diaryl/α,β-unsaturated/α-hetero) is 1. The van der Waals surface area contributed by atoms with Crippen LogP contribution in [0.1, 0.15) is 56.9 Å². The van der Waals surface area contributed by atoms with E-state index in [2.05, 4.69) is 20.6 Å². The maximum absolute atomic E-state index is 13.6. The first kappa shape index (κ1) is 33.3. The molecule has 8 rings (SSSR count). The maximum Gasteiger partial charge on any atom is 0.714 e. The third kappa shape index (κ3) is 9.96. The van der Waals surface area contributed by atoms with Gasteiger partial charge in [0, 0.05) is 12.8 Å². The number of carbonyl (C=O) groups is 3. The molecule has 5 heterocycles. The van der Waals surface area contributed by atoms with Gasteiger partial charge >= 0.3 is 7.12 Å². The molecule has 0 fully saturated rings. The first-order chi connectivity index (χ1) is 22.8. The van der Waals surface area contributed by atoms with E-state index in [4.69, 9.17) is 14.5 Å². The fraction of sp³-hybridized carbons (Fsp3) is 0.286. The van der Waals surface area contributed by atoms with Crippen LogP contribution in [0, 0.1) is 0 Å². The van der Waals surface area contributed by atoms with Gasteiger partial charge in [0.05, 0.1) is 25.6 Å². The molecule has 4 aliphatic heterocycles. The van der Waals surface area contributed by atoms with Crippen LogP contribution in [0.15, 0.2) is 91.3 Å². The molecular formula is C35H38BN4O7+. The number of amides is 2. The summed E-state index contributed by atoms with van der Waals surface area (Å²) in [5, 5.41) is 23.6. The lowest BCUT2D eigenvalue weighted by molar-refractivity contribution is -0.123. The average Bonchev–Trinajstić information content (AvgIpc) is 3.09. The maximum atomic E-state index is 13.6. The van der Waals surface area contributed by atoms with Gasteiger partial charge in [-0.25, -0.2) is 4.98 Å². The summed E-state index contributed by atoms with van der Waals surface area (Å²) in [6.07, 6.45) is 5.12. The van der Waals surface area contributed by atoms with Crippen LogP contribution in [0.2, 0.25) is 0 Å². The van der Waals surface area contributed by atoms with E-state index in [9.17, 15) is 19.4 Å². The van der Waals surface area contributed by atoms with E-state index in [0.717, 1.165) is 35.3 Å². The van der Waals surface area contributed by atoms with Crippen LogP contribution in [-0.4, -0.2) is 69.9 Å². The lowest BCUT2D eigenvalue weighted by Gasteiger charge is -2.22. The minimum Gasteiger partial charge on any atom is -0.525 e. The van der Waals surface area contributed by atoms with Gasteiger partial charge in [-0.3, -0.25) is 19.4 Å². The zero-order valence-electron chi connectivity index (χ0n) is 25.9. The number of aromatic nitrogens is 2. The van der Waals surface area contributed by atoms with Crippen LogP contribution in [0.3, 0.4) is 0 Å². The quantitative estimate of drug-likeness (QED) is 0.222. The van der Waals surface area contributed by atoms with Crippen molar-refractivity contribution in [2.75, 3.05) is 13.2 Å². The van der Waals surface area contributed by atoms with Crippen LogP contribution >= 0.6 is 0 Å². The molecule has 0 aliphatic carbocycles. The lowest BCUT2D eigenvalue weighted by Crippen LogP contribution is -2.55. The van der Waals surface area contributed by atoms with Crippen molar-refractivity contribution in [2.45, 2.75) is 50.5 Å². The zero-order valence-corrected chi connectivity index (χ0v) is 25.9. The molecule has 47 heavy (non-hydrogen) atoms. The normalized spacial score (nSPS) is 16.6. The smallest absolute Gasteiger partial charge is 0.525 e. The minimum atomic E-state index is -1.60. The Labute approximate surface area is 273 Å². The molecule has 2 atom stereocenters. The van der Waals surface area contributed by atoms with E-state index in [-0.39, 0.29) is 36.4 Å². The highest BCUT2D eigenvalue weighted by molar-refractivity contribution is 6.43. The number of benzene rings is 3. The number of ether oxygens (including phenoxy) is 2. The predicted molar refractivity (Wildman–Crippen MR) is 176 cm³/mol. The van der Waals surface area contributed by atoms with Gasteiger partial charge in [0.15, 0.2) is 5.78 Å². The fourth-order valence-electron chi connectivity index (χ4n) is 5.12. The molecule has 3 aromatic carbocycles. The predicted octanol–water partition coefficient (Wildman–Crippen LogP) is 2.66. The monoisotopic (exact) mass is 637 g/mol. The Kier molecular flexibility index (Phi) is 11.7. The third-order valence-electron chi connectivity index (χ3n) is 7.79. The number of carbonyl (C=O) groups excluding carboxylic acids is 3. The van der Waals surface area contributed by atoms with Crippen molar-refractivity contribution in [1.82, 2.24) is 20.6 Å². The van der Waals surface area contributed by atoms with Crippen molar-refractivity contribution in [3.8, 4) is 11.5 Å². The van der Waals surface area contributed by atoms with Gasteiger partial charge in [0.1, 0.15) is 34.9 Å². The Morgan fingerprint density at radius 2 is 1.51 bits per heavy atom. The summed E-state index contributed by atoms with van der Waals surface area (Å²) in [6.45, 7) is 1.06. The molecule has 4 aromatic rings. The molecule has 12 heteroatoms. The van der Waals surface area contributed by atoms with Crippen molar-refractivity contribution >= 4 is 24.7 Å². The molecular weight excluding hydrogens is 599 g/mol. The van der Waals surface area contributed by atoms with Gasteiger partial charge in [-0.1, -0.05) is 54.6 Å². The van der Waals surface area contributed by atoms with E-state index in [1.165, 1.54) is 12.4 Å². The SMILES string of the molecule is O=C1CCc2ccc(cc2)OCCCCOc2ccc(cc2)C[C@@H](C(=O)N[C@@H](Cc2ccccc2)B(O)[OH2+])NC(=O)c2cncc1n2. The molecule has 2 amide bonds. The highest BCUT2D eigenvalue weighted by atomic mass is 16.5. The largest absolute Gasteiger partial charge is 0.714 e. The molecule has 0 saturated heterocycles. The summed E-state index contributed by atoms with van der Waals surface area (Å²) in [5.41, 5.74) is 2.46. The van der Waals surface area contributed by atoms with Crippen LogP contribution in [0.5, 0.6) is 11.5 Å². The summed E-state index contributed by atoms with van der Waals surface area (Å²) in [6, 6.07) is 22.9. The number of nitrogens with zero attached hydrogens (tertiary/aromatic N) is 2. The third-order valence-corrected chi connectivity index (χ3v) is 7.79. The van der Waals surface area contributed by atoms with Gasteiger partial charge < -0.3 is 30.2 Å². The summed E-state index contributed by atoms with van der Waals surface area (Å²) in [5.74, 6) is -1.05. The second-order valence-electron chi connectivity index (χ2n) is 11.4. The summed E-state index contributed by atoms with van der Waals surface area (Å²) in [7, 11) is -1.60. The van der Waals surface area contributed by atoms with Gasteiger partial charge in [-0.15, -0.1) is 0 Å². The number of nitrogens with one attached hydrogen (secondary N) is 2. The second kappa shape index (κ2) is 16.5. The Hall–Kier alpha value is -5.07. The van der Waals surface area contributed by atoms with Crippen molar-refractivity contribution < 1.29 is 33.9 Å². The second-order valence-corrected chi connectivity index (χ2v) is 11.4. The Morgan fingerprint density at radius 1 is 0.894 bits per heavy atom.